The minimum absolute atomic E-state index is 0.0187. The summed E-state index contributed by atoms with van der Waals surface area (Å²) in [5.41, 5.74) is -1.11. The van der Waals surface area contributed by atoms with Gasteiger partial charge in [-0.2, -0.15) is 0 Å². The summed E-state index contributed by atoms with van der Waals surface area (Å²) >= 11 is 0. The topological polar surface area (TPSA) is 93.1 Å². The number of fused-ring (bicyclic) bond motifs is 7. The van der Waals surface area contributed by atoms with Crippen LogP contribution in [0.5, 0.6) is 0 Å². The molecule has 2 N–H and O–H groups in total. The number of hydrogen-bond acceptors (Lipinski definition) is 6. The molecule has 0 aromatic carbocycles. The van der Waals surface area contributed by atoms with E-state index in [1.165, 1.54) is 6.42 Å². The van der Waals surface area contributed by atoms with E-state index in [1.54, 1.807) is 12.2 Å². The lowest BCUT2D eigenvalue weighted by atomic mass is 9.46. The van der Waals surface area contributed by atoms with Crippen LogP contribution in [0.3, 0.4) is 0 Å². The van der Waals surface area contributed by atoms with Crippen molar-refractivity contribution in [2.45, 2.75) is 102 Å². The van der Waals surface area contributed by atoms with E-state index in [9.17, 15) is 19.8 Å². The third-order valence-electron chi connectivity index (χ3n) is 11.3. The van der Waals surface area contributed by atoms with Crippen molar-refractivity contribution in [3.05, 3.63) is 23.8 Å². The Morgan fingerprint density at radius 3 is 2.60 bits per heavy atom. The van der Waals surface area contributed by atoms with Crippen LogP contribution in [0.25, 0.3) is 0 Å². The van der Waals surface area contributed by atoms with Crippen molar-refractivity contribution in [1.82, 2.24) is 0 Å². The Kier molecular flexibility index (Phi) is 5.37. The normalized spacial score (nSPS) is 51.3. The molecular formula is C29H40O6. The zero-order valence-electron chi connectivity index (χ0n) is 21.3. The van der Waals surface area contributed by atoms with Crippen LogP contribution in [-0.2, 0) is 19.1 Å². The second-order valence-corrected chi connectivity index (χ2v) is 12.8. The zero-order chi connectivity index (χ0) is 24.8. The molecule has 0 radical (unpaired) electrons. The van der Waals surface area contributed by atoms with Crippen LogP contribution in [-0.4, -0.2) is 52.0 Å². The van der Waals surface area contributed by atoms with Crippen LogP contribution in [0.15, 0.2) is 23.8 Å². The molecule has 35 heavy (non-hydrogen) atoms. The van der Waals surface area contributed by atoms with Gasteiger partial charge in [-0.1, -0.05) is 44.8 Å². The van der Waals surface area contributed by atoms with Gasteiger partial charge in [0.25, 0.3) is 0 Å². The minimum atomic E-state index is -1.24. The first-order valence-electron chi connectivity index (χ1n) is 13.7. The average molecular weight is 485 g/mol. The molecule has 1 heterocycles. The monoisotopic (exact) mass is 484 g/mol. The summed E-state index contributed by atoms with van der Waals surface area (Å²) < 4.78 is 13.6. The number of ketones is 2. The summed E-state index contributed by atoms with van der Waals surface area (Å²) in [6.07, 6.45) is 12.8. The standard InChI is InChI=1S/C29H40O6/c1-26-12-11-19(31)13-18(26)9-10-20-21-14-24-29(23(33)16-30,27(21,2)15-22(32)25(20)26)35-28(3,34-24)17-7-5-4-6-8-17/h11-13,17,20-22,24-25,30,32H,4-10,14-16H2,1-3H3/t20?,21?,22-,24?,25?,26-,27?,28?,29?/m0/s1. The van der Waals surface area contributed by atoms with Gasteiger partial charge in [-0.3, -0.25) is 9.59 Å². The van der Waals surface area contributed by atoms with E-state index in [-0.39, 0.29) is 40.7 Å². The average Bonchev–Trinajstić information content (AvgIpc) is 3.27. The summed E-state index contributed by atoms with van der Waals surface area (Å²) in [6.45, 7) is 5.68. The maximum atomic E-state index is 13.6. The van der Waals surface area contributed by atoms with Gasteiger partial charge in [0.15, 0.2) is 23.0 Å². The molecule has 1 aliphatic heterocycles. The fourth-order valence-corrected chi connectivity index (χ4v) is 9.72. The van der Waals surface area contributed by atoms with Crippen LogP contribution in [0.1, 0.15) is 78.6 Å². The number of carbonyl (C=O) groups excluding carboxylic acids is 2. The number of Topliss-reactive ketones (excluding diaryl/α,β-unsaturated/α-hetero) is 1. The maximum Gasteiger partial charge on any atom is 0.193 e. The predicted octanol–water partition coefficient (Wildman–Crippen LogP) is 3.89. The fourth-order valence-electron chi connectivity index (χ4n) is 9.72. The molecule has 0 aromatic heterocycles. The van der Waals surface area contributed by atoms with Crippen LogP contribution in [0.2, 0.25) is 0 Å². The SMILES string of the molecule is CC1(C2CCCCC2)OC2CC3C4CCC5=CC(=O)C=C[C@]5(C)C4[C@@H](O)CC3(C)C2(C(=O)CO)O1. The van der Waals surface area contributed by atoms with Gasteiger partial charge in [0.05, 0.1) is 12.2 Å². The van der Waals surface area contributed by atoms with Crippen molar-refractivity contribution >= 4 is 11.6 Å². The van der Waals surface area contributed by atoms with Crippen molar-refractivity contribution < 1.29 is 29.3 Å². The number of rotatable bonds is 3. The maximum absolute atomic E-state index is 13.6. The molecule has 1 saturated heterocycles. The molecule has 6 heteroatoms. The first kappa shape index (κ1) is 24.0. The Labute approximate surface area is 208 Å². The Hall–Kier alpha value is -1.34. The van der Waals surface area contributed by atoms with Crippen molar-refractivity contribution in [3.8, 4) is 0 Å². The molecule has 6 nitrogen and oxygen atoms in total. The molecule has 192 valence electrons. The molecule has 0 amide bonds. The van der Waals surface area contributed by atoms with E-state index in [1.807, 2.05) is 13.0 Å². The molecule has 9 atom stereocenters. The van der Waals surface area contributed by atoms with E-state index in [0.29, 0.717) is 12.8 Å². The van der Waals surface area contributed by atoms with Gasteiger partial charge >= 0.3 is 0 Å². The molecule has 0 bridgehead atoms. The van der Waals surface area contributed by atoms with E-state index in [2.05, 4.69) is 13.8 Å². The highest BCUT2D eigenvalue weighted by atomic mass is 16.8. The largest absolute Gasteiger partial charge is 0.393 e. The molecule has 6 aliphatic rings. The lowest BCUT2D eigenvalue weighted by Crippen LogP contribution is -2.64. The highest BCUT2D eigenvalue weighted by Gasteiger charge is 2.77. The van der Waals surface area contributed by atoms with Gasteiger partial charge in [-0.15, -0.1) is 0 Å². The highest BCUT2D eigenvalue weighted by molar-refractivity contribution is 6.01. The summed E-state index contributed by atoms with van der Waals surface area (Å²) in [6, 6.07) is 0. The molecule has 0 aromatic rings. The van der Waals surface area contributed by atoms with Crippen LogP contribution >= 0.6 is 0 Å². The molecule has 6 rings (SSSR count). The molecular weight excluding hydrogens is 444 g/mol. The smallest absolute Gasteiger partial charge is 0.193 e. The van der Waals surface area contributed by atoms with Crippen LogP contribution in [0, 0.1) is 34.5 Å². The van der Waals surface area contributed by atoms with E-state index < -0.39 is 35.6 Å². The molecule has 5 fully saturated rings. The first-order valence-corrected chi connectivity index (χ1v) is 13.7. The van der Waals surface area contributed by atoms with Crippen LogP contribution < -0.4 is 0 Å². The second kappa shape index (κ2) is 7.83. The number of allylic oxidation sites excluding steroid dienone is 4. The number of aliphatic hydroxyl groups is 2. The van der Waals surface area contributed by atoms with Gasteiger partial charge in [0.1, 0.15) is 6.61 Å². The zero-order valence-corrected chi connectivity index (χ0v) is 21.3. The number of ether oxygens (including phenoxy) is 2. The summed E-state index contributed by atoms with van der Waals surface area (Å²) in [4.78, 5) is 25.7. The Balaban J connectivity index is 1.39. The lowest BCUT2D eigenvalue weighted by molar-refractivity contribution is -0.254. The van der Waals surface area contributed by atoms with Crippen molar-refractivity contribution in [3.63, 3.8) is 0 Å². The van der Waals surface area contributed by atoms with Gasteiger partial charge in [0, 0.05) is 22.7 Å². The van der Waals surface area contributed by atoms with Gasteiger partial charge in [-0.25, -0.2) is 0 Å². The van der Waals surface area contributed by atoms with Gasteiger partial charge in [-0.05, 0) is 69.4 Å². The molecule has 7 unspecified atom stereocenters. The number of carbonyl (C=O) groups is 2. The quantitative estimate of drug-likeness (QED) is 0.631. The molecule has 4 saturated carbocycles. The van der Waals surface area contributed by atoms with Crippen molar-refractivity contribution in [1.29, 1.82) is 0 Å². The van der Waals surface area contributed by atoms with E-state index >= 15 is 0 Å². The van der Waals surface area contributed by atoms with Crippen LogP contribution in [0.4, 0.5) is 0 Å². The highest BCUT2D eigenvalue weighted by Crippen LogP contribution is 2.71. The van der Waals surface area contributed by atoms with Gasteiger partial charge in [0.2, 0.25) is 0 Å². The Morgan fingerprint density at radius 2 is 1.89 bits per heavy atom. The van der Waals surface area contributed by atoms with Crippen molar-refractivity contribution in [2.75, 3.05) is 6.61 Å². The third kappa shape index (κ3) is 3.03. The third-order valence-corrected chi connectivity index (χ3v) is 11.3. The van der Waals surface area contributed by atoms with Crippen molar-refractivity contribution in [2.24, 2.45) is 34.5 Å². The fraction of sp³-hybridized carbons (Fsp3) is 0.793. The Bertz CT molecular complexity index is 995. The number of hydrogen-bond donors (Lipinski definition) is 2. The molecule has 5 aliphatic carbocycles. The second-order valence-electron chi connectivity index (χ2n) is 12.8. The summed E-state index contributed by atoms with van der Waals surface area (Å²) in [7, 11) is 0. The Morgan fingerprint density at radius 1 is 1.14 bits per heavy atom. The van der Waals surface area contributed by atoms with Gasteiger partial charge < -0.3 is 19.7 Å². The van der Waals surface area contributed by atoms with E-state index in [4.69, 9.17) is 9.47 Å². The first-order chi connectivity index (χ1) is 16.6. The lowest BCUT2D eigenvalue weighted by Gasteiger charge is -2.60. The number of aliphatic hydroxyl groups excluding tert-OH is 2. The summed E-state index contributed by atoms with van der Waals surface area (Å²) in [5, 5.41) is 21.9. The minimum Gasteiger partial charge on any atom is -0.393 e. The van der Waals surface area contributed by atoms with E-state index in [0.717, 1.165) is 44.1 Å². The molecule has 0 spiro atoms. The predicted molar refractivity (Wildman–Crippen MR) is 129 cm³/mol. The summed E-state index contributed by atoms with van der Waals surface area (Å²) in [5.74, 6) is -0.578.